The van der Waals surface area contributed by atoms with Crippen molar-refractivity contribution in [3.63, 3.8) is 0 Å². The van der Waals surface area contributed by atoms with Crippen LogP contribution in [0.15, 0.2) is 53.8 Å². The molecule has 3 aromatic rings. The van der Waals surface area contributed by atoms with E-state index in [4.69, 9.17) is 0 Å². The Kier molecular flexibility index (Phi) is 3.24. The number of aromatic nitrogens is 5. The summed E-state index contributed by atoms with van der Waals surface area (Å²) in [6, 6.07) is 13.2. The van der Waals surface area contributed by atoms with Crippen molar-refractivity contribution in [1.82, 2.24) is 25.2 Å². The monoisotopic (exact) mass is 268 g/mol. The second-order valence-corrected chi connectivity index (χ2v) is 4.17. The van der Waals surface area contributed by atoms with Gasteiger partial charge in [-0.15, -0.1) is 5.10 Å². The zero-order chi connectivity index (χ0) is 13.8. The van der Waals surface area contributed by atoms with Crippen LogP contribution in [0.4, 0.5) is 0 Å². The highest BCUT2D eigenvalue weighted by Gasteiger charge is 2.16. The quantitative estimate of drug-likeness (QED) is 0.425. The minimum atomic E-state index is 0.390. The van der Waals surface area contributed by atoms with Gasteiger partial charge in [-0.25, -0.2) is 0 Å². The van der Waals surface area contributed by atoms with Gasteiger partial charge in [0.15, 0.2) is 0 Å². The summed E-state index contributed by atoms with van der Waals surface area (Å²) in [6.45, 7) is 0. The number of hydrogen-bond donors (Lipinski definition) is 2. The number of benzene rings is 1. The summed E-state index contributed by atoms with van der Waals surface area (Å²) in [5.41, 5.74) is 2.11. The summed E-state index contributed by atoms with van der Waals surface area (Å²) >= 11 is 0. The normalized spacial score (nSPS) is 11.7. The van der Waals surface area contributed by atoms with Crippen molar-refractivity contribution in [2.24, 2.45) is 5.16 Å². The van der Waals surface area contributed by atoms with Gasteiger partial charge in [0.2, 0.25) is 5.82 Å². The molecule has 2 heterocycles. The molecule has 0 aliphatic heterocycles. The Morgan fingerprint density at radius 3 is 2.75 bits per heavy atom. The van der Waals surface area contributed by atoms with Gasteiger partial charge in [-0.05, 0) is 34.7 Å². The van der Waals surface area contributed by atoms with E-state index in [9.17, 15) is 5.21 Å². The van der Waals surface area contributed by atoms with E-state index in [-0.39, 0.29) is 0 Å². The Balaban J connectivity index is 1.96. The van der Waals surface area contributed by atoms with Crippen molar-refractivity contribution in [1.29, 1.82) is 0 Å². The standard InChI is InChI=1S/C13H12N6O/c20-16-12(9-10-5-4-8-14-10)13-15-17-18-19(13)11-6-2-1-3-7-11/h1-8,14,20H,9H2/b16-12-. The molecule has 100 valence electrons. The van der Waals surface area contributed by atoms with Crippen LogP contribution in [0, 0.1) is 0 Å². The number of para-hydroxylation sites is 1. The molecule has 0 fully saturated rings. The lowest BCUT2D eigenvalue weighted by Crippen LogP contribution is -2.14. The highest BCUT2D eigenvalue weighted by atomic mass is 16.4. The molecule has 2 N–H and O–H groups in total. The van der Waals surface area contributed by atoms with E-state index in [1.807, 2.05) is 48.7 Å². The van der Waals surface area contributed by atoms with Gasteiger partial charge in [0.1, 0.15) is 5.71 Å². The molecule has 2 aromatic heterocycles. The fourth-order valence-corrected chi connectivity index (χ4v) is 1.93. The molecule has 3 rings (SSSR count). The zero-order valence-corrected chi connectivity index (χ0v) is 10.5. The first-order chi connectivity index (χ1) is 9.88. The first kappa shape index (κ1) is 12.1. The number of H-pyrrole nitrogens is 1. The third-order valence-corrected chi connectivity index (χ3v) is 2.87. The lowest BCUT2D eigenvalue weighted by Gasteiger charge is -2.05. The van der Waals surface area contributed by atoms with Crippen LogP contribution in [0.3, 0.4) is 0 Å². The predicted molar refractivity (Wildman–Crippen MR) is 72.0 cm³/mol. The summed E-state index contributed by atoms with van der Waals surface area (Å²) in [6.07, 6.45) is 2.22. The number of oxime groups is 1. The van der Waals surface area contributed by atoms with Crippen LogP contribution in [0.1, 0.15) is 11.5 Å². The number of nitrogens with one attached hydrogen (secondary N) is 1. The van der Waals surface area contributed by atoms with Crippen LogP contribution < -0.4 is 0 Å². The lowest BCUT2D eigenvalue weighted by molar-refractivity contribution is 0.318. The van der Waals surface area contributed by atoms with Gasteiger partial charge in [-0.2, -0.15) is 4.68 Å². The Morgan fingerprint density at radius 2 is 2.05 bits per heavy atom. The molecule has 0 saturated carbocycles. The summed E-state index contributed by atoms with van der Waals surface area (Å²) in [5.74, 6) is 0.410. The van der Waals surface area contributed by atoms with Crippen molar-refractivity contribution in [2.75, 3.05) is 0 Å². The highest BCUT2D eigenvalue weighted by molar-refractivity contribution is 5.98. The van der Waals surface area contributed by atoms with E-state index >= 15 is 0 Å². The predicted octanol–water partition coefficient (Wildman–Crippen LogP) is 1.41. The van der Waals surface area contributed by atoms with E-state index in [2.05, 4.69) is 25.7 Å². The fourth-order valence-electron chi connectivity index (χ4n) is 1.93. The number of rotatable bonds is 4. The molecule has 20 heavy (non-hydrogen) atoms. The summed E-state index contributed by atoms with van der Waals surface area (Å²) < 4.78 is 1.54. The average molecular weight is 268 g/mol. The fraction of sp³-hybridized carbons (Fsp3) is 0.0769. The number of aromatic amines is 1. The summed E-state index contributed by atoms with van der Waals surface area (Å²) in [7, 11) is 0. The van der Waals surface area contributed by atoms with Crippen LogP contribution >= 0.6 is 0 Å². The minimum Gasteiger partial charge on any atom is -0.411 e. The smallest absolute Gasteiger partial charge is 0.205 e. The van der Waals surface area contributed by atoms with E-state index in [0.717, 1.165) is 11.4 Å². The molecule has 1 aromatic carbocycles. The lowest BCUT2D eigenvalue weighted by atomic mass is 10.2. The Bertz CT molecular complexity index is 702. The molecule has 0 aliphatic rings. The number of nitrogens with zero attached hydrogens (tertiary/aromatic N) is 5. The van der Waals surface area contributed by atoms with Crippen molar-refractivity contribution < 1.29 is 5.21 Å². The van der Waals surface area contributed by atoms with Gasteiger partial charge in [-0.3, -0.25) is 0 Å². The van der Waals surface area contributed by atoms with Crippen molar-refractivity contribution in [3.05, 3.63) is 60.2 Å². The first-order valence-electron chi connectivity index (χ1n) is 6.06. The van der Waals surface area contributed by atoms with Crippen molar-refractivity contribution in [2.45, 2.75) is 6.42 Å². The van der Waals surface area contributed by atoms with Gasteiger partial charge >= 0.3 is 0 Å². The van der Waals surface area contributed by atoms with Crippen LogP contribution in [-0.2, 0) is 6.42 Å². The largest absolute Gasteiger partial charge is 0.411 e. The van der Waals surface area contributed by atoms with Crippen LogP contribution in [0.5, 0.6) is 0 Å². The topological polar surface area (TPSA) is 92.0 Å². The Hall–Kier alpha value is -2.96. The first-order valence-corrected chi connectivity index (χ1v) is 6.06. The van der Waals surface area contributed by atoms with Gasteiger partial charge in [0, 0.05) is 18.3 Å². The highest BCUT2D eigenvalue weighted by Crippen LogP contribution is 2.10. The molecular weight excluding hydrogens is 256 g/mol. The molecular formula is C13H12N6O. The third kappa shape index (κ3) is 2.28. The molecule has 7 nitrogen and oxygen atoms in total. The summed E-state index contributed by atoms with van der Waals surface area (Å²) in [4.78, 5) is 3.05. The molecule has 0 saturated heterocycles. The SMILES string of the molecule is O/N=C(/Cc1ccc[nH]1)c1nnnn1-c1ccccc1. The average Bonchev–Trinajstić information content (AvgIpc) is 3.17. The maximum absolute atomic E-state index is 9.23. The molecule has 0 aliphatic carbocycles. The van der Waals surface area contributed by atoms with Crippen molar-refractivity contribution in [3.8, 4) is 5.69 Å². The summed E-state index contributed by atoms with van der Waals surface area (Å²) in [5, 5.41) is 24.1. The van der Waals surface area contributed by atoms with Gasteiger partial charge in [0.05, 0.1) is 5.69 Å². The Labute approximate surface area is 114 Å². The second kappa shape index (κ2) is 5.35. The van der Waals surface area contributed by atoms with Gasteiger partial charge in [0.25, 0.3) is 0 Å². The molecule has 7 heteroatoms. The Morgan fingerprint density at radius 1 is 1.20 bits per heavy atom. The minimum absolute atomic E-state index is 0.390. The third-order valence-electron chi connectivity index (χ3n) is 2.87. The maximum Gasteiger partial charge on any atom is 0.205 e. The molecule has 0 atom stereocenters. The molecule has 0 amide bonds. The zero-order valence-electron chi connectivity index (χ0n) is 10.5. The van der Waals surface area contributed by atoms with E-state index in [1.54, 1.807) is 0 Å². The number of hydrogen-bond acceptors (Lipinski definition) is 5. The van der Waals surface area contributed by atoms with Crippen LogP contribution in [0.25, 0.3) is 5.69 Å². The molecule has 0 bridgehead atoms. The molecule has 0 spiro atoms. The van der Waals surface area contributed by atoms with Crippen molar-refractivity contribution >= 4 is 5.71 Å². The maximum atomic E-state index is 9.23. The van der Waals surface area contributed by atoms with Crippen LogP contribution in [0.2, 0.25) is 0 Å². The molecule has 0 radical (unpaired) electrons. The second-order valence-electron chi connectivity index (χ2n) is 4.17. The molecule has 0 unspecified atom stereocenters. The van der Waals surface area contributed by atoms with Crippen LogP contribution in [-0.4, -0.2) is 36.1 Å². The number of tetrazole rings is 1. The van der Waals surface area contributed by atoms with Gasteiger partial charge < -0.3 is 10.2 Å². The van der Waals surface area contributed by atoms with Gasteiger partial charge in [-0.1, -0.05) is 23.4 Å². The van der Waals surface area contributed by atoms with E-state index in [0.29, 0.717) is 18.0 Å². The van der Waals surface area contributed by atoms with E-state index < -0.39 is 0 Å². The van der Waals surface area contributed by atoms with E-state index in [1.165, 1.54) is 4.68 Å².